The molecule has 1 aliphatic heterocycles. The minimum atomic E-state index is -3.94. The second-order valence-corrected chi connectivity index (χ2v) is 10.0. The smallest absolute Gasteiger partial charge is 0.264 e. The molecule has 1 amide bonds. The molecule has 4 rings (SSSR count). The molecule has 1 aliphatic rings. The Labute approximate surface area is 183 Å². The lowest BCUT2D eigenvalue weighted by Crippen LogP contribution is -2.33. The molecule has 6 heteroatoms. The first-order valence-corrected chi connectivity index (χ1v) is 11.8. The third kappa shape index (κ3) is 3.61. The van der Waals surface area contributed by atoms with Crippen molar-refractivity contribution in [3.05, 3.63) is 83.6 Å². The van der Waals surface area contributed by atoms with Gasteiger partial charge < -0.3 is 4.90 Å². The monoisotopic (exact) mass is 434 g/mol. The average molecular weight is 435 g/mol. The van der Waals surface area contributed by atoms with E-state index >= 15 is 0 Å². The largest absolute Gasteiger partial charge is 0.344 e. The number of carbonyl (C=O) groups excluding carboxylic acids is 1. The highest BCUT2D eigenvalue weighted by atomic mass is 32.2. The normalized spacial score (nSPS) is 16.5. The summed E-state index contributed by atoms with van der Waals surface area (Å²) in [5, 5.41) is 2.24. The zero-order valence-electron chi connectivity index (χ0n) is 18.1. The van der Waals surface area contributed by atoms with Crippen molar-refractivity contribution in [3.8, 4) is 0 Å². The van der Waals surface area contributed by atoms with Crippen LogP contribution in [0.3, 0.4) is 0 Å². The van der Waals surface area contributed by atoms with Gasteiger partial charge in [-0.3, -0.25) is 4.79 Å². The van der Waals surface area contributed by atoms with E-state index in [0.29, 0.717) is 6.54 Å². The molecule has 0 radical (unpaired) electrons. The molecular formula is C25H26N2O3S. The molecule has 31 heavy (non-hydrogen) atoms. The van der Waals surface area contributed by atoms with Crippen LogP contribution >= 0.6 is 0 Å². The van der Waals surface area contributed by atoms with Gasteiger partial charge >= 0.3 is 0 Å². The lowest BCUT2D eigenvalue weighted by atomic mass is 9.83. The molecule has 0 atom stereocenters. The summed E-state index contributed by atoms with van der Waals surface area (Å²) in [6.45, 7) is 8.69. The number of nitrogens with one attached hydrogen (secondary N) is 1. The summed E-state index contributed by atoms with van der Waals surface area (Å²) in [5.74, 6) is -0.654. The molecule has 1 N–H and O–H groups in total. The molecule has 0 aromatic heterocycles. The van der Waals surface area contributed by atoms with Gasteiger partial charge in [0.15, 0.2) is 0 Å². The van der Waals surface area contributed by atoms with E-state index in [1.807, 2.05) is 26.0 Å². The van der Waals surface area contributed by atoms with E-state index in [0.717, 1.165) is 33.3 Å². The number of nitrogens with zero attached hydrogens (tertiary/aromatic N) is 1. The molecular weight excluding hydrogens is 408 g/mol. The van der Waals surface area contributed by atoms with Crippen molar-refractivity contribution in [1.29, 1.82) is 0 Å². The number of fused-ring (bicyclic) bond motifs is 3. The van der Waals surface area contributed by atoms with Crippen LogP contribution in [-0.4, -0.2) is 20.9 Å². The van der Waals surface area contributed by atoms with Crippen molar-refractivity contribution in [3.63, 3.8) is 0 Å². The van der Waals surface area contributed by atoms with Crippen LogP contribution in [0.2, 0.25) is 0 Å². The first-order valence-electron chi connectivity index (χ1n) is 10.3. The van der Waals surface area contributed by atoms with Gasteiger partial charge in [-0.25, -0.2) is 13.1 Å². The lowest BCUT2D eigenvalue weighted by Gasteiger charge is -2.26. The van der Waals surface area contributed by atoms with Crippen molar-refractivity contribution < 1.29 is 13.2 Å². The fraction of sp³-hybridized carbons (Fsp3) is 0.240. The van der Waals surface area contributed by atoms with E-state index in [1.54, 1.807) is 12.1 Å². The molecule has 0 bridgehead atoms. The van der Waals surface area contributed by atoms with E-state index in [4.69, 9.17) is 0 Å². The first-order chi connectivity index (χ1) is 14.6. The topological polar surface area (TPSA) is 66.5 Å². The van der Waals surface area contributed by atoms with Crippen molar-refractivity contribution in [1.82, 2.24) is 4.72 Å². The summed E-state index contributed by atoms with van der Waals surface area (Å²) in [4.78, 5) is 15.0. The minimum Gasteiger partial charge on any atom is -0.344 e. The molecule has 0 fully saturated rings. The van der Waals surface area contributed by atoms with Crippen LogP contribution in [0, 0.1) is 6.92 Å². The predicted molar refractivity (Wildman–Crippen MR) is 125 cm³/mol. The number of hydrogen-bond donors (Lipinski definition) is 1. The summed E-state index contributed by atoms with van der Waals surface area (Å²) in [6, 6.07) is 18.8. The molecule has 5 nitrogen and oxygen atoms in total. The third-order valence-corrected chi connectivity index (χ3v) is 7.29. The summed E-state index contributed by atoms with van der Waals surface area (Å²) in [5.41, 5.74) is 3.47. The number of benzene rings is 3. The molecule has 3 aromatic rings. The Morgan fingerprint density at radius 1 is 1.03 bits per heavy atom. The van der Waals surface area contributed by atoms with Crippen molar-refractivity contribution in [2.24, 2.45) is 0 Å². The molecule has 3 aromatic carbocycles. The van der Waals surface area contributed by atoms with Gasteiger partial charge in [-0.15, -0.1) is 0 Å². The highest BCUT2D eigenvalue weighted by Gasteiger charge is 2.41. The Bertz CT molecular complexity index is 1310. The van der Waals surface area contributed by atoms with Gasteiger partial charge in [0.1, 0.15) is 0 Å². The number of aryl methyl sites for hydroxylation is 1. The zero-order valence-corrected chi connectivity index (χ0v) is 19.0. The summed E-state index contributed by atoms with van der Waals surface area (Å²) >= 11 is 0. The van der Waals surface area contributed by atoms with E-state index in [-0.39, 0.29) is 4.90 Å². The van der Waals surface area contributed by atoms with Crippen LogP contribution < -0.4 is 9.62 Å². The van der Waals surface area contributed by atoms with E-state index in [1.165, 1.54) is 18.2 Å². The van der Waals surface area contributed by atoms with Crippen molar-refractivity contribution in [2.45, 2.75) is 38.0 Å². The van der Waals surface area contributed by atoms with Gasteiger partial charge in [0.05, 0.1) is 10.6 Å². The fourth-order valence-corrected chi connectivity index (χ4v) is 5.23. The molecule has 0 aliphatic carbocycles. The molecule has 1 heterocycles. The predicted octanol–water partition coefficient (Wildman–Crippen LogP) is 4.65. The lowest BCUT2D eigenvalue weighted by molar-refractivity contribution is -0.114. The fourth-order valence-electron chi connectivity index (χ4n) is 4.30. The Morgan fingerprint density at radius 2 is 1.71 bits per heavy atom. The van der Waals surface area contributed by atoms with Gasteiger partial charge in [0.25, 0.3) is 15.9 Å². The SMILES string of the molecule is CCN1C(=CC(=O)NS(=O)(=O)c2ccc(C)cc2)C(C)(C)c2ccc3ccccc3c21. The maximum absolute atomic E-state index is 12.8. The molecule has 0 spiro atoms. The number of hydrogen-bond acceptors (Lipinski definition) is 4. The molecule has 0 saturated heterocycles. The molecule has 0 unspecified atom stereocenters. The second kappa shape index (κ2) is 7.54. The average Bonchev–Trinajstić information content (AvgIpc) is 2.94. The van der Waals surface area contributed by atoms with E-state index in [9.17, 15) is 13.2 Å². The number of anilines is 1. The third-order valence-electron chi connectivity index (χ3n) is 5.93. The van der Waals surface area contributed by atoms with Crippen LogP contribution in [0.5, 0.6) is 0 Å². The van der Waals surface area contributed by atoms with Crippen LogP contribution in [0.25, 0.3) is 10.8 Å². The maximum Gasteiger partial charge on any atom is 0.264 e. The van der Waals surface area contributed by atoms with Crippen molar-refractivity contribution in [2.75, 3.05) is 11.4 Å². The Balaban J connectivity index is 1.73. The number of rotatable bonds is 4. The van der Waals surface area contributed by atoms with Gasteiger partial charge in [-0.2, -0.15) is 0 Å². The van der Waals surface area contributed by atoms with Crippen molar-refractivity contribution >= 4 is 32.4 Å². The first kappa shape index (κ1) is 21.1. The number of amides is 1. The Hall–Kier alpha value is -3.12. The number of carbonyl (C=O) groups is 1. The molecule has 160 valence electrons. The number of likely N-dealkylation sites (N-methyl/N-ethyl adjacent to an activating group) is 1. The maximum atomic E-state index is 12.8. The van der Waals surface area contributed by atoms with Gasteiger partial charge in [0.2, 0.25) is 0 Å². The quantitative estimate of drug-likeness (QED) is 0.607. The van der Waals surface area contributed by atoms with Gasteiger partial charge in [-0.05, 0) is 36.9 Å². The van der Waals surface area contributed by atoms with E-state index < -0.39 is 21.3 Å². The van der Waals surface area contributed by atoms with Crippen LogP contribution in [0.15, 0.2) is 77.3 Å². The Morgan fingerprint density at radius 3 is 2.39 bits per heavy atom. The highest BCUT2D eigenvalue weighted by Crippen LogP contribution is 2.50. The highest BCUT2D eigenvalue weighted by molar-refractivity contribution is 7.90. The van der Waals surface area contributed by atoms with Gasteiger partial charge in [0, 0.05) is 29.1 Å². The second-order valence-electron chi connectivity index (χ2n) is 8.36. The van der Waals surface area contributed by atoms with Crippen LogP contribution in [-0.2, 0) is 20.2 Å². The minimum absolute atomic E-state index is 0.0668. The summed E-state index contributed by atoms with van der Waals surface area (Å²) in [7, 11) is -3.94. The summed E-state index contributed by atoms with van der Waals surface area (Å²) < 4.78 is 27.5. The number of allylic oxidation sites excluding steroid dienone is 1. The Kier molecular flexibility index (Phi) is 5.13. The van der Waals surface area contributed by atoms with E-state index in [2.05, 4.69) is 47.7 Å². The number of sulfonamides is 1. The zero-order chi connectivity index (χ0) is 22.4. The van der Waals surface area contributed by atoms with Crippen LogP contribution in [0.4, 0.5) is 5.69 Å². The van der Waals surface area contributed by atoms with Crippen LogP contribution in [0.1, 0.15) is 31.9 Å². The van der Waals surface area contributed by atoms with Gasteiger partial charge in [-0.1, -0.05) is 67.9 Å². The molecule has 0 saturated carbocycles. The summed E-state index contributed by atoms with van der Waals surface area (Å²) in [6.07, 6.45) is 1.42. The standard InChI is InChI=1S/C25H26N2O3S/c1-5-27-22(16-23(28)26-31(29,30)19-13-10-17(2)11-14-19)25(3,4)21-15-12-18-8-6-7-9-20(18)24(21)27/h6-16H,5H2,1-4H3,(H,26,28).